The van der Waals surface area contributed by atoms with Crippen molar-refractivity contribution in [2.75, 3.05) is 0 Å². The molecule has 0 radical (unpaired) electrons. The van der Waals surface area contributed by atoms with Crippen LogP contribution in [0.2, 0.25) is 0 Å². The third kappa shape index (κ3) is 4.14. The second-order valence-corrected chi connectivity index (χ2v) is 5.18. The molecule has 2 aromatic carbocycles. The highest BCUT2D eigenvalue weighted by atomic mass is 19.1. The van der Waals surface area contributed by atoms with Crippen LogP contribution in [-0.4, -0.2) is 15.2 Å². The topological polar surface area (TPSA) is 76.8 Å². The van der Waals surface area contributed by atoms with Crippen molar-refractivity contribution in [3.63, 3.8) is 0 Å². The summed E-state index contributed by atoms with van der Waals surface area (Å²) in [6.45, 7) is 0.219. The van der Waals surface area contributed by atoms with E-state index in [4.69, 9.17) is 10.5 Å². The first-order chi connectivity index (χ1) is 11.2. The molecule has 3 N–H and O–H groups in total. The number of rotatable bonds is 6. The molecule has 23 heavy (non-hydrogen) atoms. The van der Waals surface area contributed by atoms with Gasteiger partial charge in [0.15, 0.2) is 11.6 Å². The van der Waals surface area contributed by atoms with Gasteiger partial charge >= 0.3 is 0 Å². The summed E-state index contributed by atoms with van der Waals surface area (Å²) >= 11 is 0. The van der Waals surface area contributed by atoms with Gasteiger partial charge in [-0.25, -0.2) is 9.37 Å². The number of hydrogen-bond acceptors (Lipinski definition) is 4. The zero-order valence-corrected chi connectivity index (χ0v) is 12.4. The number of nitrogens with one attached hydrogen (secondary N) is 1. The lowest BCUT2D eigenvalue weighted by atomic mass is 10.1. The van der Waals surface area contributed by atoms with Gasteiger partial charge in [-0.05, 0) is 36.2 Å². The van der Waals surface area contributed by atoms with Crippen molar-refractivity contribution >= 4 is 0 Å². The molecule has 0 fully saturated rings. The van der Waals surface area contributed by atoms with E-state index < -0.39 is 0 Å². The van der Waals surface area contributed by atoms with E-state index in [0.29, 0.717) is 23.8 Å². The summed E-state index contributed by atoms with van der Waals surface area (Å²) in [5.74, 6) is 1.39. The number of H-pyrrole nitrogens is 1. The van der Waals surface area contributed by atoms with Gasteiger partial charge in [-0.1, -0.05) is 30.3 Å². The highest BCUT2D eigenvalue weighted by molar-refractivity contribution is 5.22. The maximum Gasteiger partial charge on any atom is 0.167 e. The van der Waals surface area contributed by atoms with Gasteiger partial charge in [-0.3, -0.25) is 5.10 Å². The van der Waals surface area contributed by atoms with E-state index in [0.717, 1.165) is 5.56 Å². The van der Waals surface area contributed by atoms with Crippen LogP contribution in [0.4, 0.5) is 4.39 Å². The standard InChI is InChI=1S/C17H17FN4O/c18-13-6-8-14(9-7-13)23-11-16-20-17(22-21-16)15(19)10-12-4-2-1-3-5-12/h1-9,15H,10-11,19H2,(H,20,21,22)/t15-/m1/s1. The Balaban J connectivity index is 1.58. The molecule has 5 nitrogen and oxygen atoms in total. The van der Waals surface area contributed by atoms with Gasteiger partial charge in [-0.2, -0.15) is 5.10 Å². The predicted octanol–water partition coefficient (Wildman–Crippen LogP) is 2.77. The van der Waals surface area contributed by atoms with E-state index in [9.17, 15) is 4.39 Å². The van der Waals surface area contributed by atoms with Crippen LogP contribution in [0.5, 0.6) is 5.75 Å². The summed E-state index contributed by atoms with van der Waals surface area (Å²) in [6, 6.07) is 15.5. The number of hydrogen-bond donors (Lipinski definition) is 2. The smallest absolute Gasteiger partial charge is 0.167 e. The van der Waals surface area contributed by atoms with Gasteiger partial charge in [0.05, 0.1) is 6.04 Å². The van der Waals surface area contributed by atoms with Crippen LogP contribution in [0.3, 0.4) is 0 Å². The zero-order chi connectivity index (χ0) is 16.1. The normalized spacial score (nSPS) is 12.1. The maximum absolute atomic E-state index is 12.8. The Morgan fingerprint density at radius 1 is 1.09 bits per heavy atom. The lowest BCUT2D eigenvalue weighted by Crippen LogP contribution is -2.15. The highest BCUT2D eigenvalue weighted by Crippen LogP contribution is 2.14. The molecule has 1 heterocycles. The first-order valence-corrected chi connectivity index (χ1v) is 7.30. The van der Waals surface area contributed by atoms with Gasteiger partial charge in [0.25, 0.3) is 0 Å². The molecule has 118 valence electrons. The lowest BCUT2D eigenvalue weighted by Gasteiger charge is -2.07. The fourth-order valence-corrected chi connectivity index (χ4v) is 2.18. The van der Waals surface area contributed by atoms with E-state index >= 15 is 0 Å². The number of benzene rings is 2. The quantitative estimate of drug-likeness (QED) is 0.734. The number of halogens is 1. The van der Waals surface area contributed by atoms with Crippen LogP contribution in [0.25, 0.3) is 0 Å². The van der Waals surface area contributed by atoms with E-state index in [1.54, 1.807) is 12.1 Å². The largest absolute Gasteiger partial charge is 0.486 e. The third-order valence-electron chi connectivity index (χ3n) is 3.37. The van der Waals surface area contributed by atoms with E-state index in [2.05, 4.69) is 15.2 Å². The van der Waals surface area contributed by atoms with Crippen molar-refractivity contribution in [2.45, 2.75) is 19.1 Å². The molecule has 3 aromatic rings. The average Bonchev–Trinajstić information content (AvgIpc) is 3.04. The third-order valence-corrected chi connectivity index (χ3v) is 3.37. The molecular formula is C17H17FN4O. The molecular weight excluding hydrogens is 295 g/mol. The number of aromatic nitrogens is 3. The van der Waals surface area contributed by atoms with Crippen LogP contribution in [0.15, 0.2) is 54.6 Å². The monoisotopic (exact) mass is 312 g/mol. The molecule has 0 amide bonds. The SMILES string of the molecule is N[C@H](Cc1ccccc1)c1n[nH]c(COc2ccc(F)cc2)n1. The lowest BCUT2D eigenvalue weighted by molar-refractivity contribution is 0.296. The van der Waals surface area contributed by atoms with Gasteiger partial charge in [0.2, 0.25) is 0 Å². The van der Waals surface area contributed by atoms with Crippen molar-refractivity contribution in [1.82, 2.24) is 15.2 Å². The summed E-state index contributed by atoms with van der Waals surface area (Å²) in [6.07, 6.45) is 0.664. The Morgan fingerprint density at radius 3 is 2.57 bits per heavy atom. The van der Waals surface area contributed by atoms with E-state index in [1.165, 1.54) is 12.1 Å². The van der Waals surface area contributed by atoms with Gasteiger partial charge in [0.1, 0.15) is 18.2 Å². The second-order valence-electron chi connectivity index (χ2n) is 5.18. The fourth-order valence-electron chi connectivity index (χ4n) is 2.18. The van der Waals surface area contributed by atoms with Crippen LogP contribution >= 0.6 is 0 Å². The molecule has 0 aliphatic carbocycles. The fraction of sp³-hybridized carbons (Fsp3) is 0.176. The average molecular weight is 312 g/mol. The predicted molar refractivity (Wildman–Crippen MR) is 84.2 cm³/mol. The molecule has 6 heteroatoms. The Morgan fingerprint density at radius 2 is 1.83 bits per heavy atom. The van der Waals surface area contributed by atoms with Crippen molar-refractivity contribution in [3.05, 3.63) is 77.6 Å². The Bertz CT molecular complexity index is 743. The van der Waals surface area contributed by atoms with E-state index in [-0.39, 0.29) is 18.5 Å². The van der Waals surface area contributed by atoms with Crippen molar-refractivity contribution in [1.29, 1.82) is 0 Å². The number of nitrogens with two attached hydrogens (primary N) is 1. The van der Waals surface area contributed by atoms with E-state index in [1.807, 2.05) is 30.3 Å². The van der Waals surface area contributed by atoms with Crippen LogP contribution in [0.1, 0.15) is 23.3 Å². The Kier molecular flexibility index (Phi) is 4.63. The minimum absolute atomic E-state index is 0.219. The molecule has 0 bridgehead atoms. The highest BCUT2D eigenvalue weighted by Gasteiger charge is 2.13. The van der Waals surface area contributed by atoms with Crippen molar-refractivity contribution in [3.8, 4) is 5.75 Å². The minimum atomic E-state index is -0.300. The van der Waals surface area contributed by atoms with Crippen molar-refractivity contribution < 1.29 is 9.13 Å². The number of ether oxygens (including phenoxy) is 1. The van der Waals surface area contributed by atoms with Gasteiger partial charge in [-0.15, -0.1) is 0 Å². The van der Waals surface area contributed by atoms with Gasteiger partial charge in [0, 0.05) is 0 Å². The molecule has 0 saturated heterocycles. The molecule has 0 spiro atoms. The van der Waals surface area contributed by atoms with Crippen LogP contribution in [-0.2, 0) is 13.0 Å². The molecule has 1 atom stereocenters. The number of aromatic amines is 1. The summed E-state index contributed by atoms with van der Waals surface area (Å²) in [5.41, 5.74) is 7.27. The summed E-state index contributed by atoms with van der Waals surface area (Å²) < 4.78 is 18.3. The zero-order valence-electron chi connectivity index (χ0n) is 12.4. The molecule has 0 saturated carbocycles. The first kappa shape index (κ1) is 15.2. The second kappa shape index (κ2) is 7.02. The molecule has 3 rings (SSSR count). The molecule has 1 aromatic heterocycles. The Labute approximate surface area is 133 Å². The first-order valence-electron chi connectivity index (χ1n) is 7.30. The maximum atomic E-state index is 12.8. The summed E-state index contributed by atoms with van der Waals surface area (Å²) in [4.78, 5) is 4.35. The molecule has 0 aliphatic rings. The minimum Gasteiger partial charge on any atom is -0.486 e. The Hall–Kier alpha value is -2.73. The van der Waals surface area contributed by atoms with Crippen molar-refractivity contribution in [2.24, 2.45) is 5.73 Å². The van der Waals surface area contributed by atoms with Crippen LogP contribution in [0, 0.1) is 5.82 Å². The summed E-state index contributed by atoms with van der Waals surface area (Å²) in [5, 5.41) is 6.95. The van der Waals surface area contributed by atoms with Crippen LogP contribution < -0.4 is 10.5 Å². The molecule has 0 aliphatic heterocycles. The van der Waals surface area contributed by atoms with Gasteiger partial charge < -0.3 is 10.5 Å². The summed E-state index contributed by atoms with van der Waals surface area (Å²) in [7, 11) is 0. The molecule has 0 unspecified atom stereocenters. The number of nitrogens with zero attached hydrogens (tertiary/aromatic N) is 2.